The number of hydrogen-bond donors (Lipinski definition) is 1. The molecule has 0 saturated carbocycles. The molecule has 1 atom stereocenters. The lowest BCUT2D eigenvalue weighted by Crippen LogP contribution is -2.13. The first-order chi connectivity index (χ1) is 9.91. The van der Waals surface area contributed by atoms with E-state index in [-0.39, 0.29) is 23.1 Å². The number of rotatable bonds is 3. The topological polar surface area (TPSA) is 89.3 Å². The van der Waals surface area contributed by atoms with Crippen molar-refractivity contribution in [3.63, 3.8) is 0 Å². The fourth-order valence-electron chi connectivity index (χ4n) is 2.92. The Morgan fingerprint density at radius 1 is 1.48 bits per heavy atom. The SMILES string of the molecule is CCc1nc2cc(C(=O)O)ccc2n1C1CCS(=O)(=O)C1. The van der Waals surface area contributed by atoms with E-state index in [1.165, 1.54) is 12.1 Å². The van der Waals surface area contributed by atoms with Crippen LogP contribution in [0.5, 0.6) is 0 Å². The average Bonchev–Trinajstić information content (AvgIpc) is 2.97. The summed E-state index contributed by atoms with van der Waals surface area (Å²) in [5.41, 5.74) is 1.60. The maximum atomic E-state index is 11.7. The molecule has 1 aliphatic rings. The summed E-state index contributed by atoms with van der Waals surface area (Å²) in [6.45, 7) is 1.96. The smallest absolute Gasteiger partial charge is 0.335 e. The highest BCUT2D eigenvalue weighted by molar-refractivity contribution is 7.91. The molecule has 0 amide bonds. The van der Waals surface area contributed by atoms with Crippen molar-refractivity contribution >= 4 is 26.8 Å². The van der Waals surface area contributed by atoms with Crippen LogP contribution in [0.2, 0.25) is 0 Å². The Bertz CT molecular complexity index is 823. The van der Waals surface area contributed by atoms with Crippen LogP contribution < -0.4 is 0 Å². The summed E-state index contributed by atoms with van der Waals surface area (Å²) in [6, 6.07) is 4.68. The van der Waals surface area contributed by atoms with Crippen molar-refractivity contribution in [2.75, 3.05) is 11.5 Å². The van der Waals surface area contributed by atoms with E-state index >= 15 is 0 Å². The third-order valence-electron chi connectivity index (χ3n) is 3.90. The van der Waals surface area contributed by atoms with Gasteiger partial charge in [0.25, 0.3) is 0 Å². The van der Waals surface area contributed by atoms with E-state index in [0.29, 0.717) is 18.4 Å². The van der Waals surface area contributed by atoms with Crippen molar-refractivity contribution in [2.24, 2.45) is 0 Å². The molecule has 1 aliphatic heterocycles. The minimum atomic E-state index is -2.98. The van der Waals surface area contributed by atoms with Crippen LogP contribution in [0.3, 0.4) is 0 Å². The zero-order valence-electron chi connectivity index (χ0n) is 11.6. The molecule has 1 fully saturated rings. The highest BCUT2D eigenvalue weighted by Gasteiger charge is 2.31. The molecule has 1 aromatic heterocycles. The largest absolute Gasteiger partial charge is 0.478 e. The van der Waals surface area contributed by atoms with E-state index in [1.54, 1.807) is 6.07 Å². The van der Waals surface area contributed by atoms with Gasteiger partial charge in [0.2, 0.25) is 0 Å². The zero-order valence-corrected chi connectivity index (χ0v) is 12.4. The van der Waals surface area contributed by atoms with Crippen molar-refractivity contribution in [3.05, 3.63) is 29.6 Å². The number of aromatic nitrogens is 2. The zero-order chi connectivity index (χ0) is 15.2. The summed E-state index contributed by atoms with van der Waals surface area (Å²) in [5, 5.41) is 9.04. The van der Waals surface area contributed by atoms with Crippen LogP contribution in [0.25, 0.3) is 11.0 Å². The van der Waals surface area contributed by atoms with Crippen LogP contribution in [0.4, 0.5) is 0 Å². The van der Waals surface area contributed by atoms with Gasteiger partial charge in [0.05, 0.1) is 34.1 Å². The quantitative estimate of drug-likeness (QED) is 0.931. The molecule has 2 aromatic rings. The molecule has 0 aliphatic carbocycles. The van der Waals surface area contributed by atoms with E-state index < -0.39 is 15.8 Å². The molecule has 2 heterocycles. The van der Waals surface area contributed by atoms with Gasteiger partial charge in [-0.3, -0.25) is 0 Å². The van der Waals surface area contributed by atoms with Crippen LogP contribution in [0.15, 0.2) is 18.2 Å². The Labute approximate surface area is 122 Å². The number of aromatic carboxylic acids is 1. The van der Waals surface area contributed by atoms with Crippen molar-refractivity contribution in [3.8, 4) is 0 Å². The van der Waals surface area contributed by atoms with Gasteiger partial charge < -0.3 is 9.67 Å². The van der Waals surface area contributed by atoms with Gasteiger partial charge in [-0.05, 0) is 24.6 Å². The fraction of sp³-hybridized carbons (Fsp3) is 0.429. The number of carboxylic acids is 1. The summed E-state index contributed by atoms with van der Waals surface area (Å²) in [5.74, 6) is 0.141. The Kier molecular flexibility index (Phi) is 3.24. The third-order valence-corrected chi connectivity index (χ3v) is 5.65. The number of carboxylic acid groups (broad SMARTS) is 1. The minimum Gasteiger partial charge on any atom is -0.478 e. The van der Waals surface area contributed by atoms with Gasteiger partial charge in [-0.1, -0.05) is 6.92 Å². The molecule has 3 rings (SSSR count). The average molecular weight is 308 g/mol. The summed E-state index contributed by atoms with van der Waals surface area (Å²) < 4.78 is 25.4. The second-order valence-corrected chi connectivity index (χ2v) is 7.55. The van der Waals surface area contributed by atoms with Crippen molar-refractivity contribution < 1.29 is 18.3 Å². The maximum absolute atomic E-state index is 11.7. The Morgan fingerprint density at radius 2 is 2.24 bits per heavy atom. The standard InChI is InChI=1S/C14H16N2O4S/c1-2-13-15-11-7-9(14(17)18)3-4-12(11)16(13)10-5-6-21(19,20)8-10/h3-4,7,10H,2,5-6,8H2,1H3,(H,17,18). The number of aryl methyl sites for hydroxylation is 1. The van der Waals surface area contributed by atoms with Gasteiger partial charge >= 0.3 is 5.97 Å². The summed E-state index contributed by atoms with van der Waals surface area (Å²) in [6.07, 6.45) is 1.26. The predicted octanol–water partition coefficient (Wildman–Crippen LogP) is 1.66. The van der Waals surface area contributed by atoms with Crippen molar-refractivity contribution in [1.82, 2.24) is 9.55 Å². The molecule has 1 saturated heterocycles. The van der Waals surface area contributed by atoms with Crippen molar-refractivity contribution in [2.45, 2.75) is 25.8 Å². The van der Waals surface area contributed by atoms with Crippen LogP contribution in [0, 0.1) is 0 Å². The molecule has 6 nitrogen and oxygen atoms in total. The minimum absolute atomic E-state index is 0.106. The Morgan fingerprint density at radius 3 is 2.81 bits per heavy atom. The number of nitrogens with zero attached hydrogens (tertiary/aromatic N) is 2. The first-order valence-corrected chi connectivity index (χ1v) is 8.68. The maximum Gasteiger partial charge on any atom is 0.335 e. The number of hydrogen-bond acceptors (Lipinski definition) is 4. The summed E-state index contributed by atoms with van der Waals surface area (Å²) in [7, 11) is -2.98. The van der Waals surface area contributed by atoms with E-state index in [0.717, 1.165) is 11.3 Å². The highest BCUT2D eigenvalue weighted by Crippen LogP contribution is 2.30. The van der Waals surface area contributed by atoms with Crippen LogP contribution in [-0.2, 0) is 16.3 Å². The molecule has 7 heteroatoms. The monoisotopic (exact) mass is 308 g/mol. The molecule has 1 N–H and O–H groups in total. The summed E-state index contributed by atoms with van der Waals surface area (Å²) in [4.78, 5) is 15.5. The number of benzene rings is 1. The molecular weight excluding hydrogens is 292 g/mol. The van der Waals surface area contributed by atoms with Gasteiger partial charge in [-0.2, -0.15) is 0 Å². The van der Waals surface area contributed by atoms with E-state index in [4.69, 9.17) is 5.11 Å². The normalized spacial score (nSPS) is 20.9. The van der Waals surface area contributed by atoms with Gasteiger partial charge in [-0.25, -0.2) is 18.2 Å². The Hall–Kier alpha value is -1.89. The number of sulfone groups is 1. The second-order valence-electron chi connectivity index (χ2n) is 5.32. The molecule has 112 valence electrons. The first-order valence-electron chi connectivity index (χ1n) is 6.86. The van der Waals surface area contributed by atoms with Gasteiger partial charge in [0.15, 0.2) is 9.84 Å². The fourth-order valence-corrected chi connectivity index (χ4v) is 4.62. The van der Waals surface area contributed by atoms with E-state index in [2.05, 4.69) is 4.98 Å². The molecule has 0 bridgehead atoms. The molecule has 0 spiro atoms. The van der Waals surface area contributed by atoms with Gasteiger partial charge in [0.1, 0.15) is 5.82 Å². The predicted molar refractivity (Wildman–Crippen MR) is 78.4 cm³/mol. The first kappa shape index (κ1) is 14.1. The molecular formula is C14H16N2O4S. The summed E-state index contributed by atoms with van der Waals surface area (Å²) >= 11 is 0. The highest BCUT2D eigenvalue weighted by atomic mass is 32.2. The molecule has 1 unspecified atom stereocenters. The lowest BCUT2D eigenvalue weighted by atomic mass is 10.2. The van der Waals surface area contributed by atoms with Crippen LogP contribution >= 0.6 is 0 Å². The van der Waals surface area contributed by atoms with Crippen LogP contribution in [-0.4, -0.2) is 40.6 Å². The number of fused-ring (bicyclic) bond motifs is 1. The third kappa shape index (κ3) is 2.42. The van der Waals surface area contributed by atoms with Crippen LogP contribution in [0.1, 0.15) is 35.6 Å². The molecule has 21 heavy (non-hydrogen) atoms. The van der Waals surface area contributed by atoms with Crippen molar-refractivity contribution in [1.29, 1.82) is 0 Å². The second kappa shape index (κ2) is 4.84. The lowest BCUT2D eigenvalue weighted by Gasteiger charge is -2.14. The molecule has 1 aromatic carbocycles. The molecule has 0 radical (unpaired) electrons. The number of imidazole rings is 1. The van der Waals surface area contributed by atoms with Gasteiger partial charge in [-0.15, -0.1) is 0 Å². The lowest BCUT2D eigenvalue weighted by molar-refractivity contribution is 0.0697. The van der Waals surface area contributed by atoms with Gasteiger partial charge in [0, 0.05) is 6.42 Å². The van der Waals surface area contributed by atoms with E-state index in [9.17, 15) is 13.2 Å². The Balaban J connectivity index is 2.15. The van der Waals surface area contributed by atoms with E-state index in [1.807, 2.05) is 11.5 Å². The number of carbonyl (C=O) groups is 1.